The molecule has 6 N–H and O–H groups in total. The average Bonchev–Trinajstić information content (AvgIpc) is 3.55. The van der Waals surface area contributed by atoms with Gasteiger partial charge in [0.25, 0.3) is 5.91 Å². The van der Waals surface area contributed by atoms with E-state index in [4.69, 9.17) is 0 Å². The van der Waals surface area contributed by atoms with Crippen molar-refractivity contribution < 1.29 is 31.9 Å². The smallest absolute Gasteiger partial charge is 0.345 e. The number of carbonyl (C=O) groups is 2. The number of pyridine rings is 1. The second-order valence-electron chi connectivity index (χ2n) is 10.9. The predicted molar refractivity (Wildman–Crippen MR) is 165 cm³/mol. The number of carbonyl (C=O) groups excluding carboxylic acids is 1. The highest BCUT2D eigenvalue weighted by Gasteiger charge is 2.40. The molecule has 0 bridgehead atoms. The van der Waals surface area contributed by atoms with Crippen molar-refractivity contribution in [2.24, 2.45) is 0 Å². The highest BCUT2D eigenvalue weighted by atomic mass is 32.2. The first-order valence-corrected chi connectivity index (χ1v) is 15.8. The Morgan fingerprint density at radius 2 is 1.67 bits per heavy atom. The number of aromatic nitrogens is 1. The van der Waals surface area contributed by atoms with Crippen LogP contribution in [0.5, 0.6) is 0 Å². The Balaban J connectivity index is 1.55. The summed E-state index contributed by atoms with van der Waals surface area (Å²) in [5.74, 6) is -5.06. The van der Waals surface area contributed by atoms with Gasteiger partial charge in [0.05, 0.1) is 15.8 Å². The van der Waals surface area contributed by atoms with Crippen molar-refractivity contribution in [1.29, 1.82) is 0 Å². The topological polar surface area (TPSA) is 171 Å². The van der Waals surface area contributed by atoms with Crippen LogP contribution < -0.4 is 31.4 Å². The van der Waals surface area contributed by atoms with Gasteiger partial charge in [-0.3, -0.25) is 25.5 Å². The summed E-state index contributed by atoms with van der Waals surface area (Å²) < 4.78 is 60.6. The summed E-state index contributed by atoms with van der Waals surface area (Å²) in [7, 11) is -4.45. The van der Waals surface area contributed by atoms with Gasteiger partial charge in [-0.2, -0.15) is 4.72 Å². The molecule has 1 atom stereocenters. The lowest BCUT2D eigenvalue weighted by Gasteiger charge is -2.27. The van der Waals surface area contributed by atoms with E-state index in [1.165, 1.54) is 28.8 Å². The van der Waals surface area contributed by atoms with E-state index in [1.807, 2.05) is 35.1 Å². The maximum Gasteiger partial charge on any atom is 0.345 e. The molecule has 5 rings (SSSR count). The number of aryl methyl sites for hydroxylation is 2. The second-order valence-corrected chi connectivity index (χ2v) is 12.6. The van der Waals surface area contributed by atoms with Gasteiger partial charge in [0.1, 0.15) is 17.7 Å². The van der Waals surface area contributed by atoms with E-state index < -0.39 is 55.6 Å². The van der Waals surface area contributed by atoms with E-state index in [-0.39, 0.29) is 35.4 Å². The van der Waals surface area contributed by atoms with Gasteiger partial charge in [-0.25, -0.2) is 22.0 Å². The van der Waals surface area contributed by atoms with Crippen LogP contribution in [0.1, 0.15) is 28.4 Å². The van der Waals surface area contributed by atoms with E-state index in [2.05, 4.69) is 21.3 Å². The fourth-order valence-corrected chi connectivity index (χ4v) is 6.43. The first kappa shape index (κ1) is 32.8. The largest absolute Gasteiger partial charge is 0.478 e. The van der Waals surface area contributed by atoms with Crippen LogP contribution in [-0.2, 0) is 34.3 Å². The van der Waals surface area contributed by atoms with E-state index in [0.29, 0.717) is 19.5 Å². The number of amides is 1. The van der Waals surface area contributed by atoms with E-state index in [9.17, 15) is 27.9 Å². The van der Waals surface area contributed by atoms with Crippen molar-refractivity contribution in [3.8, 4) is 0 Å². The zero-order chi connectivity index (χ0) is 33.1. The Morgan fingerprint density at radius 1 is 1.04 bits per heavy atom. The standard InChI is InChI=1S/C31H32F2N6O6S/c1-31(29(42)43,38-46(44,45)20-10-6-3-7-11-20)37-28(41)23-18-39(15-12-19-8-4-2-5-9-19)26-21(27(23)40)16-24(32)22(25(26)33)17-36-30-34-13-14-35-30/h2-11,16,18,30,34-36,38H,12-15,17H2,1H3,(H,37,41)(H,42,43). The lowest BCUT2D eigenvalue weighted by Crippen LogP contribution is -2.63. The van der Waals surface area contributed by atoms with Gasteiger partial charge in [0, 0.05) is 37.9 Å². The van der Waals surface area contributed by atoms with Gasteiger partial charge in [-0.15, -0.1) is 0 Å². The number of sulfonamides is 1. The maximum absolute atomic E-state index is 16.1. The van der Waals surface area contributed by atoms with Crippen LogP contribution in [-0.4, -0.2) is 55.0 Å². The molecule has 12 nitrogen and oxygen atoms in total. The van der Waals surface area contributed by atoms with Crippen LogP contribution in [0.25, 0.3) is 10.9 Å². The summed E-state index contributed by atoms with van der Waals surface area (Å²) in [5.41, 5.74) is -4.03. The number of nitrogens with zero attached hydrogens (tertiary/aromatic N) is 1. The number of halogens is 2. The Hall–Kier alpha value is -4.54. The first-order chi connectivity index (χ1) is 21.9. The van der Waals surface area contributed by atoms with Crippen LogP contribution in [0.15, 0.2) is 82.6 Å². The van der Waals surface area contributed by atoms with Crippen LogP contribution >= 0.6 is 0 Å². The van der Waals surface area contributed by atoms with Gasteiger partial charge in [-0.1, -0.05) is 48.5 Å². The fraction of sp³-hybridized carbons (Fsp3) is 0.258. The molecule has 4 aromatic rings. The van der Waals surface area contributed by atoms with Crippen LogP contribution in [0, 0.1) is 11.6 Å². The normalized spacial score (nSPS) is 15.1. The molecule has 0 saturated carbocycles. The van der Waals surface area contributed by atoms with Gasteiger partial charge in [0.2, 0.25) is 21.1 Å². The van der Waals surface area contributed by atoms with Crippen LogP contribution in [0.4, 0.5) is 8.78 Å². The van der Waals surface area contributed by atoms with Crippen molar-refractivity contribution in [1.82, 2.24) is 30.6 Å². The Kier molecular flexibility index (Phi) is 9.60. The molecule has 0 radical (unpaired) electrons. The van der Waals surface area contributed by atoms with Gasteiger partial charge >= 0.3 is 5.97 Å². The summed E-state index contributed by atoms with van der Waals surface area (Å²) in [5, 5.41) is 20.7. The number of aliphatic carboxylic acids is 1. The van der Waals surface area contributed by atoms with Gasteiger partial charge in [-0.05, 0) is 37.1 Å². The molecule has 1 fully saturated rings. The molecule has 1 amide bonds. The van der Waals surface area contributed by atoms with E-state index >= 15 is 8.78 Å². The third kappa shape index (κ3) is 6.98. The Bertz CT molecular complexity index is 1940. The van der Waals surface area contributed by atoms with Gasteiger partial charge < -0.3 is 15.0 Å². The zero-order valence-electron chi connectivity index (χ0n) is 24.6. The van der Waals surface area contributed by atoms with Crippen molar-refractivity contribution in [2.75, 3.05) is 13.1 Å². The van der Waals surface area contributed by atoms with Crippen LogP contribution in [0.2, 0.25) is 0 Å². The van der Waals surface area contributed by atoms with Crippen LogP contribution in [0.3, 0.4) is 0 Å². The molecule has 1 aromatic heterocycles. The number of benzene rings is 3. The average molecular weight is 655 g/mol. The summed E-state index contributed by atoms with van der Waals surface area (Å²) in [6, 6.07) is 16.8. The van der Waals surface area contributed by atoms with Crippen molar-refractivity contribution >= 4 is 32.8 Å². The van der Waals surface area contributed by atoms with E-state index in [1.54, 1.807) is 6.07 Å². The molecule has 3 aromatic carbocycles. The minimum atomic E-state index is -4.45. The Labute approximate surface area is 262 Å². The number of fused-ring (bicyclic) bond motifs is 1. The molecule has 1 saturated heterocycles. The molecule has 2 heterocycles. The fourth-order valence-electron chi connectivity index (χ4n) is 5.12. The molecule has 15 heteroatoms. The third-order valence-electron chi connectivity index (χ3n) is 7.57. The predicted octanol–water partition coefficient (Wildman–Crippen LogP) is 1.60. The second kappa shape index (κ2) is 13.4. The minimum absolute atomic E-state index is 0.0546. The molecule has 1 unspecified atom stereocenters. The number of carboxylic acid groups (broad SMARTS) is 1. The van der Waals surface area contributed by atoms with E-state index in [0.717, 1.165) is 24.8 Å². The molecule has 1 aliphatic heterocycles. The highest BCUT2D eigenvalue weighted by Crippen LogP contribution is 2.24. The lowest BCUT2D eigenvalue weighted by atomic mass is 10.0. The summed E-state index contributed by atoms with van der Waals surface area (Å²) in [6.45, 7) is 2.07. The minimum Gasteiger partial charge on any atom is -0.478 e. The first-order valence-electron chi connectivity index (χ1n) is 14.3. The molecule has 46 heavy (non-hydrogen) atoms. The molecule has 242 valence electrons. The lowest BCUT2D eigenvalue weighted by molar-refractivity contribution is -0.144. The molecule has 1 aliphatic rings. The number of nitrogens with one attached hydrogen (secondary N) is 5. The van der Waals surface area contributed by atoms with Gasteiger partial charge in [0.15, 0.2) is 5.82 Å². The number of rotatable bonds is 12. The quantitative estimate of drug-likeness (QED) is 0.124. The molecular formula is C31H32F2N6O6S. The van der Waals surface area contributed by atoms with Crippen molar-refractivity contribution in [2.45, 2.75) is 43.3 Å². The molecular weight excluding hydrogens is 622 g/mol. The summed E-state index contributed by atoms with van der Waals surface area (Å²) in [4.78, 5) is 39.1. The highest BCUT2D eigenvalue weighted by molar-refractivity contribution is 7.89. The maximum atomic E-state index is 16.1. The number of hydrogen-bond acceptors (Lipinski definition) is 8. The third-order valence-corrected chi connectivity index (χ3v) is 9.14. The SMILES string of the molecule is CC(NC(=O)c1cn(CCc2ccccc2)c2c(F)c(CNC3NCCN3)c(F)cc2c1=O)(NS(=O)(=O)c1ccccc1)C(=O)O. The zero-order valence-corrected chi connectivity index (χ0v) is 25.5. The summed E-state index contributed by atoms with van der Waals surface area (Å²) in [6.07, 6.45) is 1.03. The molecule has 0 aliphatic carbocycles. The number of hydrogen-bond donors (Lipinski definition) is 6. The monoisotopic (exact) mass is 654 g/mol. The number of carboxylic acids is 1. The Morgan fingerprint density at radius 3 is 2.30 bits per heavy atom. The molecule has 0 spiro atoms. The summed E-state index contributed by atoms with van der Waals surface area (Å²) >= 11 is 0. The van der Waals surface area contributed by atoms with Crippen molar-refractivity contribution in [3.63, 3.8) is 0 Å². The van der Waals surface area contributed by atoms with Crippen molar-refractivity contribution in [3.05, 3.63) is 111 Å².